The Morgan fingerprint density at radius 1 is 1.38 bits per heavy atom. The molecule has 0 saturated carbocycles. The van der Waals surface area contributed by atoms with Crippen molar-refractivity contribution >= 4 is 15.9 Å². The minimum Gasteiger partial charge on any atom is -0.306 e. The van der Waals surface area contributed by atoms with Crippen LogP contribution in [0.4, 0.5) is 0 Å². The minimum atomic E-state index is 0.0470. The maximum atomic E-state index is 3.67. The van der Waals surface area contributed by atoms with Gasteiger partial charge in [0.15, 0.2) is 0 Å². The van der Waals surface area contributed by atoms with Gasteiger partial charge in [0.2, 0.25) is 0 Å². The van der Waals surface area contributed by atoms with Crippen LogP contribution in [0.15, 0.2) is 28.7 Å². The Balaban J connectivity index is 2.32. The van der Waals surface area contributed by atoms with Gasteiger partial charge in [0.1, 0.15) is 0 Å². The summed E-state index contributed by atoms with van der Waals surface area (Å²) in [5, 5.41) is 3.67. The average molecular weight is 283 g/mol. The fourth-order valence-corrected chi connectivity index (χ4v) is 3.20. The molecule has 2 nitrogen and oxygen atoms in total. The predicted octanol–water partition coefficient (Wildman–Crippen LogP) is 2.59. The van der Waals surface area contributed by atoms with Crippen LogP contribution < -0.4 is 5.32 Å². The molecule has 1 unspecified atom stereocenters. The Morgan fingerprint density at radius 2 is 2.12 bits per heavy atom. The van der Waals surface area contributed by atoms with Gasteiger partial charge in [-0.2, -0.15) is 0 Å². The molecule has 16 heavy (non-hydrogen) atoms. The summed E-state index contributed by atoms with van der Waals surface area (Å²) in [5.74, 6) is 0. The monoisotopic (exact) mass is 282 g/mol. The highest BCUT2D eigenvalue weighted by molar-refractivity contribution is 9.10. The van der Waals surface area contributed by atoms with Crippen LogP contribution in [0.5, 0.6) is 0 Å². The second-order valence-electron chi connectivity index (χ2n) is 4.83. The van der Waals surface area contributed by atoms with Crippen molar-refractivity contribution in [3.8, 4) is 0 Å². The third kappa shape index (κ3) is 2.47. The maximum Gasteiger partial charge on any atom is 0.0545 e. The number of rotatable bonds is 1. The van der Waals surface area contributed by atoms with E-state index in [1.807, 2.05) is 0 Å². The zero-order valence-corrected chi connectivity index (χ0v) is 11.5. The number of nitrogens with zero attached hydrogens (tertiary/aromatic N) is 1. The predicted molar refractivity (Wildman–Crippen MR) is 71.6 cm³/mol. The first-order valence-corrected chi connectivity index (χ1v) is 6.60. The van der Waals surface area contributed by atoms with E-state index in [0.29, 0.717) is 0 Å². The topological polar surface area (TPSA) is 15.3 Å². The van der Waals surface area contributed by atoms with Crippen LogP contribution in [0.25, 0.3) is 0 Å². The van der Waals surface area contributed by atoms with Gasteiger partial charge in [-0.1, -0.05) is 34.1 Å². The van der Waals surface area contributed by atoms with Crippen molar-refractivity contribution in [2.45, 2.75) is 18.9 Å². The number of likely N-dealkylation sites (N-methyl/N-ethyl adjacent to an activating group) is 1. The number of benzene rings is 1. The molecule has 1 aromatic carbocycles. The summed E-state index contributed by atoms with van der Waals surface area (Å²) in [6.45, 7) is 5.60. The molecule has 1 saturated heterocycles. The van der Waals surface area contributed by atoms with E-state index in [4.69, 9.17) is 0 Å². The zero-order valence-electron chi connectivity index (χ0n) is 9.96. The number of halogens is 1. The Bertz CT molecular complexity index is 367. The molecule has 0 bridgehead atoms. The van der Waals surface area contributed by atoms with E-state index in [9.17, 15) is 0 Å². The second kappa shape index (κ2) is 4.86. The molecule has 1 aromatic rings. The third-order valence-corrected chi connectivity index (χ3v) is 3.98. The lowest BCUT2D eigenvalue weighted by atomic mass is 9.91. The Labute approximate surface area is 106 Å². The highest BCUT2D eigenvalue weighted by atomic mass is 79.9. The quantitative estimate of drug-likeness (QED) is 0.852. The molecule has 1 heterocycles. The van der Waals surface area contributed by atoms with E-state index in [1.54, 1.807) is 0 Å². The van der Waals surface area contributed by atoms with Crippen molar-refractivity contribution in [3.05, 3.63) is 34.3 Å². The molecule has 1 fully saturated rings. The molecule has 2 rings (SSSR count). The van der Waals surface area contributed by atoms with Crippen LogP contribution >= 0.6 is 15.9 Å². The molecular weight excluding hydrogens is 264 g/mol. The fraction of sp³-hybridized carbons (Fsp3) is 0.538. The first-order chi connectivity index (χ1) is 7.62. The first-order valence-electron chi connectivity index (χ1n) is 5.80. The van der Waals surface area contributed by atoms with Gasteiger partial charge in [0.25, 0.3) is 0 Å². The van der Waals surface area contributed by atoms with Gasteiger partial charge in [-0.25, -0.2) is 0 Å². The van der Waals surface area contributed by atoms with Gasteiger partial charge < -0.3 is 10.2 Å². The lowest BCUT2D eigenvalue weighted by Crippen LogP contribution is -2.45. The zero-order chi connectivity index (χ0) is 11.6. The van der Waals surface area contributed by atoms with E-state index in [2.05, 4.69) is 64.4 Å². The highest BCUT2D eigenvalue weighted by Crippen LogP contribution is 2.29. The van der Waals surface area contributed by atoms with E-state index in [-0.39, 0.29) is 5.54 Å². The van der Waals surface area contributed by atoms with Crippen LogP contribution in [0, 0.1) is 0 Å². The number of nitrogens with one attached hydrogen (secondary N) is 1. The largest absolute Gasteiger partial charge is 0.306 e. The normalized spacial score (nSPS) is 27.7. The SMILES string of the molecule is CN1CCCNC(C)(c2ccccc2Br)C1. The van der Waals surface area contributed by atoms with Gasteiger partial charge in [-0.3, -0.25) is 0 Å². The van der Waals surface area contributed by atoms with Gasteiger partial charge in [0.05, 0.1) is 5.54 Å². The standard InChI is InChI=1S/C13H19BrN2/c1-13(10-16(2)9-5-8-15-13)11-6-3-4-7-12(11)14/h3-4,6-7,15H,5,8-10H2,1-2H3. The van der Waals surface area contributed by atoms with Gasteiger partial charge in [-0.15, -0.1) is 0 Å². The molecule has 0 aliphatic carbocycles. The van der Waals surface area contributed by atoms with Crippen molar-refractivity contribution in [2.75, 3.05) is 26.7 Å². The summed E-state index contributed by atoms with van der Waals surface area (Å²) in [6.07, 6.45) is 1.22. The van der Waals surface area contributed by atoms with Crippen molar-refractivity contribution in [1.29, 1.82) is 0 Å². The molecule has 1 atom stereocenters. The smallest absolute Gasteiger partial charge is 0.0545 e. The maximum absolute atomic E-state index is 3.67. The van der Waals surface area contributed by atoms with Gasteiger partial charge in [-0.05, 0) is 45.1 Å². The van der Waals surface area contributed by atoms with Crippen molar-refractivity contribution < 1.29 is 0 Å². The third-order valence-electron chi connectivity index (χ3n) is 3.29. The second-order valence-corrected chi connectivity index (χ2v) is 5.68. The molecule has 1 aliphatic rings. The van der Waals surface area contributed by atoms with Crippen LogP contribution in [0.1, 0.15) is 18.9 Å². The Morgan fingerprint density at radius 3 is 2.88 bits per heavy atom. The molecule has 0 aromatic heterocycles. The summed E-state index contributed by atoms with van der Waals surface area (Å²) in [7, 11) is 2.20. The molecule has 0 amide bonds. The highest BCUT2D eigenvalue weighted by Gasteiger charge is 2.30. The number of hydrogen-bond donors (Lipinski definition) is 1. The lowest BCUT2D eigenvalue weighted by molar-refractivity contribution is 0.258. The summed E-state index contributed by atoms with van der Waals surface area (Å²) in [6, 6.07) is 8.50. The number of hydrogen-bond acceptors (Lipinski definition) is 2. The van der Waals surface area contributed by atoms with Crippen LogP contribution in [-0.2, 0) is 5.54 Å². The molecule has 1 N–H and O–H groups in total. The van der Waals surface area contributed by atoms with E-state index in [1.165, 1.54) is 23.0 Å². The van der Waals surface area contributed by atoms with E-state index in [0.717, 1.165) is 13.1 Å². The minimum absolute atomic E-state index is 0.0470. The first kappa shape index (κ1) is 12.1. The Kier molecular flexibility index (Phi) is 3.67. The van der Waals surface area contributed by atoms with Gasteiger partial charge in [0, 0.05) is 11.0 Å². The summed E-state index contributed by atoms with van der Waals surface area (Å²) in [5.41, 5.74) is 1.40. The summed E-state index contributed by atoms with van der Waals surface area (Å²) < 4.78 is 1.19. The molecule has 0 spiro atoms. The summed E-state index contributed by atoms with van der Waals surface area (Å²) in [4.78, 5) is 2.40. The summed E-state index contributed by atoms with van der Waals surface area (Å²) >= 11 is 3.65. The van der Waals surface area contributed by atoms with E-state index < -0.39 is 0 Å². The van der Waals surface area contributed by atoms with Crippen LogP contribution in [0.2, 0.25) is 0 Å². The average Bonchev–Trinajstić information content (AvgIpc) is 2.41. The molecule has 0 radical (unpaired) electrons. The molecule has 3 heteroatoms. The molecular formula is C13H19BrN2. The Hall–Kier alpha value is -0.380. The van der Waals surface area contributed by atoms with Gasteiger partial charge >= 0.3 is 0 Å². The van der Waals surface area contributed by atoms with Crippen molar-refractivity contribution in [3.63, 3.8) is 0 Å². The lowest BCUT2D eigenvalue weighted by Gasteiger charge is -2.33. The fourth-order valence-electron chi connectivity index (χ4n) is 2.48. The molecule has 88 valence electrons. The van der Waals surface area contributed by atoms with Crippen molar-refractivity contribution in [2.24, 2.45) is 0 Å². The molecule has 1 aliphatic heterocycles. The van der Waals surface area contributed by atoms with Crippen molar-refractivity contribution in [1.82, 2.24) is 10.2 Å². The van der Waals surface area contributed by atoms with Crippen LogP contribution in [0.3, 0.4) is 0 Å². The van der Waals surface area contributed by atoms with E-state index >= 15 is 0 Å². The van der Waals surface area contributed by atoms with Crippen LogP contribution in [-0.4, -0.2) is 31.6 Å².